The first-order chi connectivity index (χ1) is 8.15. The van der Waals surface area contributed by atoms with Crippen LogP contribution in [0.1, 0.15) is 47.5 Å². The Kier molecular flexibility index (Phi) is 4.78. The van der Waals surface area contributed by atoms with E-state index >= 15 is 0 Å². The third-order valence-corrected chi connectivity index (χ3v) is 3.60. The molecular formula is C14H28N2O2. The molecule has 0 radical (unpaired) electrons. The van der Waals surface area contributed by atoms with Gasteiger partial charge in [0, 0.05) is 19.1 Å². The van der Waals surface area contributed by atoms with Gasteiger partial charge in [-0.1, -0.05) is 13.8 Å². The molecule has 0 aromatic carbocycles. The predicted octanol–water partition coefficient (Wildman–Crippen LogP) is 1.95. The highest BCUT2D eigenvalue weighted by Gasteiger charge is 2.37. The van der Waals surface area contributed by atoms with E-state index in [2.05, 4.69) is 24.1 Å². The maximum Gasteiger partial charge on any atom is 0.324 e. The first-order valence-electron chi connectivity index (χ1n) is 6.88. The zero-order valence-corrected chi connectivity index (χ0v) is 12.4. The molecule has 1 unspecified atom stereocenters. The summed E-state index contributed by atoms with van der Waals surface area (Å²) < 4.78 is 0. The Hall–Kier alpha value is -0.610. The number of hydrogen-bond acceptors (Lipinski definition) is 3. The standard InChI is InChI=1S/C14H28N2O2/c1-11(2)15-14(5,12(17)18)10-16-8-6-7-13(3,4)9-16/h11,15H,6-10H2,1-5H3,(H,17,18). The van der Waals surface area contributed by atoms with E-state index in [1.54, 1.807) is 6.92 Å². The summed E-state index contributed by atoms with van der Waals surface area (Å²) in [6.07, 6.45) is 2.38. The zero-order valence-electron chi connectivity index (χ0n) is 12.4. The quantitative estimate of drug-likeness (QED) is 0.789. The summed E-state index contributed by atoms with van der Waals surface area (Å²) in [6, 6.07) is 0.170. The van der Waals surface area contributed by atoms with Crippen LogP contribution in [0.3, 0.4) is 0 Å². The van der Waals surface area contributed by atoms with Crippen molar-refractivity contribution in [2.75, 3.05) is 19.6 Å². The van der Waals surface area contributed by atoms with Gasteiger partial charge in [0.15, 0.2) is 0 Å². The summed E-state index contributed by atoms with van der Waals surface area (Å²) in [4.78, 5) is 13.8. The molecule has 0 aliphatic carbocycles. The smallest absolute Gasteiger partial charge is 0.324 e. The van der Waals surface area contributed by atoms with Gasteiger partial charge in [-0.2, -0.15) is 0 Å². The normalized spacial score (nSPS) is 23.9. The minimum absolute atomic E-state index is 0.170. The number of hydrogen-bond donors (Lipinski definition) is 2. The number of aliphatic carboxylic acids is 1. The number of piperidine rings is 1. The Balaban J connectivity index is 2.69. The molecule has 0 amide bonds. The summed E-state index contributed by atoms with van der Waals surface area (Å²) in [5.41, 5.74) is -0.558. The second-order valence-corrected chi connectivity index (χ2v) is 6.91. The van der Waals surface area contributed by atoms with Crippen molar-refractivity contribution < 1.29 is 9.90 Å². The molecule has 0 saturated carbocycles. The van der Waals surface area contributed by atoms with Crippen LogP contribution in [0.5, 0.6) is 0 Å². The van der Waals surface area contributed by atoms with Crippen LogP contribution in [0.2, 0.25) is 0 Å². The van der Waals surface area contributed by atoms with E-state index < -0.39 is 11.5 Å². The molecule has 1 aliphatic rings. The third-order valence-electron chi connectivity index (χ3n) is 3.60. The molecule has 2 N–H and O–H groups in total. The lowest BCUT2D eigenvalue weighted by Crippen LogP contribution is -2.60. The van der Waals surface area contributed by atoms with Crippen LogP contribution in [0.15, 0.2) is 0 Å². The molecule has 0 aromatic heterocycles. The Bertz CT molecular complexity index is 302. The van der Waals surface area contributed by atoms with Crippen LogP contribution in [-0.2, 0) is 4.79 Å². The van der Waals surface area contributed by atoms with E-state index in [1.165, 1.54) is 6.42 Å². The van der Waals surface area contributed by atoms with Crippen LogP contribution in [0.4, 0.5) is 0 Å². The Morgan fingerprint density at radius 3 is 2.56 bits per heavy atom. The molecule has 0 bridgehead atoms. The van der Waals surface area contributed by atoms with Gasteiger partial charge in [-0.25, -0.2) is 0 Å². The molecule has 1 heterocycles. The highest BCUT2D eigenvalue weighted by molar-refractivity contribution is 5.78. The number of nitrogens with zero attached hydrogens (tertiary/aromatic N) is 1. The first kappa shape index (κ1) is 15.4. The second-order valence-electron chi connectivity index (χ2n) is 6.91. The average Bonchev–Trinajstić information content (AvgIpc) is 2.13. The van der Waals surface area contributed by atoms with Crippen molar-refractivity contribution >= 4 is 5.97 Å². The van der Waals surface area contributed by atoms with Gasteiger partial charge in [0.2, 0.25) is 0 Å². The minimum atomic E-state index is -0.860. The lowest BCUT2D eigenvalue weighted by molar-refractivity contribution is -0.145. The van der Waals surface area contributed by atoms with Crippen LogP contribution in [0, 0.1) is 5.41 Å². The number of carboxylic acid groups (broad SMARTS) is 1. The Morgan fingerprint density at radius 2 is 2.11 bits per heavy atom. The molecule has 0 aromatic rings. The summed E-state index contributed by atoms with van der Waals surface area (Å²) in [5.74, 6) is -0.764. The van der Waals surface area contributed by atoms with Gasteiger partial charge >= 0.3 is 5.97 Å². The molecule has 4 heteroatoms. The zero-order chi connectivity index (χ0) is 14.0. The van der Waals surface area contributed by atoms with Crippen molar-refractivity contribution in [1.29, 1.82) is 0 Å². The molecule has 1 aliphatic heterocycles. The van der Waals surface area contributed by atoms with Crippen LogP contribution < -0.4 is 5.32 Å². The lowest BCUT2D eigenvalue weighted by atomic mass is 9.83. The fourth-order valence-electron chi connectivity index (χ4n) is 2.94. The SMILES string of the molecule is CC(C)NC(C)(CN1CCCC(C)(C)C1)C(=O)O. The molecule has 4 nitrogen and oxygen atoms in total. The molecule has 106 valence electrons. The third kappa shape index (κ3) is 4.25. The van der Waals surface area contributed by atoms with E-state index in [-0.39, 0.29) is 6.04 Å². The number of likely N-dealkylation sites (tertiary alicyclic amines) is 1. The highest BCUT2D eigenvalue weighted by Crippen LogP contribution is 2.29. The van der Waals surface area contributed by atoms with Gasteiger partial charge in [-0.15, -0.1) is 0 Å². The molecule has 1 atom stereocenters. The van der Waals surface area contributed by atoms with Gasteiger partial charge in [-0.3, -0.25) is 10.1 Å². The monoisotopic (exact) mass is 256 g/mol. The summed E-state index contributed by atoms with van der Waals surface area (Å²) >= 11 is 0. The van der Waals surface area contributed by atoms with Gasteiger partial charge < -0.3 is 10.0 Å². The van der Waals surface area contributed by atoms with E-state index in [0.29, 0.717) is 12.0 Å². The van der Waals surface area contributed by atoms with Crippen molar-refractivity contribution in [3.8, 4) is 0 Å². The predicted molar refractivity (Wildman–Crippen MR) is 73.8 cm³/mol. The molecule has 0 spiro atoms. The second kappa shape index (κ2) is 5.57. The van der Waals surface area contributed by atoms with E-state index in [0.717, 1.165) is 19.5 Å². The summed E-state index contributed by atoms with van der Waals surface area (Å²) in [7, 11) is 0. The van der Waals surface area contributed by atoms with Crippen molar-refractivity contribution in [3.63, 3.8) is 0 Å². The molecule has 1 rings (SSSR count). The van der Waals surface area contributed by atoms with Gasteiger partial charge in [0.1, 0.15) is 5.54 Å². The highest BCUT2D eigenvalue weighted by atomic mass is 16.4. The van der Waals surface area contributed by atoms with Gasteiger partial charge in [0.05, 0.1) is 0 Å². The Labute approximate surface area is 111 Å². The molecular weight excluding hydrogens is 228 g/mol. The summed E-state index contributed by atoms with van der Waals surface area (Å²) in [6.45, 7) is 12.8. The maximum absolute atomic E-state index is 11.5. The molecule has 1 fully saturated rings. The van der Waals surface area contributed by atoms with Crippen LogP contribution in [0.25, 0.3) is 0 Å². The van der Waals surface area contributed by atoms with E-state index in [9.17, 15) is 9.90 Å². The fourth-order valence-corrected chi connectivity index (χ4v) is 2.94. The van der Waals surface area contributed by atoms with Crippen molar-refractivity contribution in [3.05, 3.63) is 0 Å². The van der Waals surface area contributed by atoms with E-state index in [1.807, 2.05) is 13.8 Å². The van der Waals surface area contributed by atoms with Gasteiger partial charge in [0.25, 0.3) is 0 Å². The average molecular weight is 256 g/mol. The first-order valence-corrected chi connectivity index (χ1v) is 6.88. The number of nitrogens with one attached hydrogen (secondary N) is 1. The van der Waals surface area contributed by atoms with Crippen LogP contribution in [-0.4, -0.2) is 47.2 Å². The van der Waals surface area contributed by atoms with Crippen LogP contribution >= 0.6 is 0 Å². The fraction of sp³-hybridized carbons (Fsp3) is 0.929. The number of carbonyl (C=O) groups is 1. The number of rotatable bonds is 5. The molecule has 18 heavy (non-hydrogen) atoms. The van der Waals surface area contributed by atoms with Crippen molar-refractivity contribution in [2.45, 2.75) is 59.0 Å². The molecule has 1 saturated heterocycles. The maximum atomic E-state index is 11.5. The van der Waals surface area contributed by atoms with Crippen molar-refractivity contribution in [2.24, 2.45) is 5.41 Å². The largest absolute Gasteiger partial charge is 0.480 e. The van der Waals surface area contributed by atoms with Crippen molar-refractivity contribution in [1.82, 2.24) is 10.2 Å². The topological polar surface area (TPSA) is 52.6 Å². The Morgan fingerprint density at radius 1 is 1.50 bits per heavy atom. The minimum Gasteiger partial charge on any atom is -0.480 e. The lowest BCUT2D eigenvalue weighted by Gasteiger charge is -2.42. The summed E-state index contributed by atoms with van der Waals surface area (Å²) in [5, 5.41) is 12.6. The number of carboxylic acids is 1. The van der Waals surface area contributed by atoms with E-state index in [4.69, 9.17) is 0 Å². The van der Waals surface area contributed by atoms with Gasteiger partial charge in [-0.05, 0) is 45.6 Å².